The van der Waals surface area contributed by atoms with E-state index >= 15 is 0 Å². The van der Waals surface area contributed by atoms with E-state index in [4.69, 9.17) is 9.26 Å². The van der Waals surface area contributed by atoms with Crippen LogP contribution in [-0.4, -0.2) is 19.7 Å². The zero-order valence-corrected chi connectivity index (χ0v) is 11.9. The van der Waals surface area contributed by atoms with Gasteiger partial charge in [0.25, 0.3) is 5.89 Å². The molecule has 1 aliphatic heterocycles. The average molecular weight is 300 g/mol. The number of rotatable bonds is 2. The molecule has 22 heavy (non-hydrogen) atoms. The van der Waals surface area contributed by atoms with Crippen LogP contribution in [0.3, 0.4) is 0 Å². The second-order valence-corrected chi connectivity index (χ2v) is 5.19. The van der Waals surface area contributed by atoms with Crippen molar-refractivity contribution in [1.29, 1.82) is 0 Å². The van der Waals surface area contributed by atoms with Gasteiger partial charge in [-0.25, -0.2) is 9.37 Å². The molecule has 0 radical (unpaired) electrons. The molecule has 0 saturated carbocycles. The van der Waals surface area contributed by atoms with Crippen molar-refractivity contribution in [3.8, 4) is 11.6 Å². The third-order valence-corrected chi connectivity index (χ3v) is 3.70. The first kappa shape index (κ1) is 13.1. The van der Waals surface area contributed by atoms with Crippen molar-refractivity contribution in [2.45, 2.75) is 26.2 Å². The Morgan fingerprint density at radius 3 is 2.82 bits per heavy atom. The first-order valence-corrected chi connectivity index (χ1v) is 6.92. The summed E-state index contributed by atoms with van der Waals surface area (Å²) >= 11 is 0. The molecule has 0 bridgehead atoms. The molecule has 3 aromatic rings. The standard InChI is InChI=1S/C15H13FN4O2/c1-9-18-15(22-19-9)14-12-7-21-13(6-20(12)8-17-14)10-2-4-11(16)5-3-10/h2-5,8,13H,6-7H2,1H3/t13-/m1/s1. The second-order valence-electron chi connectivity index (χ2n) is 5.19. The Kier molecular flexibility index (Phi) is 3.00. The molecule has 4 rings (SSSR count). The van der Waals surface area contributed by atoms with E-state index < -0.39 is 0 Å². The first-order valence-electron chi connectivity index (χ1n) is 6.92. The number of benzene rings is 1. The molecule has 0 spiro atoms. The number of hydrogen-bond donors (Lipinski definition) is 0. The number of nitrogens with zero attached hydrogens (tertiary/aromatic N) is 4. The maximum atomic E-state index is 13.0. The van der Waals surface area contributed by atoms with Crippen LogP contribution in [0, 0.1) is 12.7 Å². The largest absolute Gasteiger partial charge is 0.365 e. The van der Waals surface area contributed by atoms with E-state index in [0.29, 0.717) is 30.6 Å². The van der Waals surface area contributed by atoms with Gasteiger partial charge in [0.2, 0.25) is 0 Å². The fraction of sp³-hybridized carbons (Fsp3) is 0.267. The summed E-state index contributed by atoms with van der Waals surface area (Å²) in [6.07, 6.45) is 1.61. The summed E-state index contributed by atoms with van der Waals surface area (Å²) < 4.78 is 26.1. The van der Waals surface area contributed by atoms with Crippen LogP contribution in [-0.2, 0) is 17.9 Å². The van der Waals surface area contributed by atoms with Crippen LogP contribution in [0.25, 0.3) is 11.6 Å². The van der Waals surface area contributed by atoms with Crippen molar-refractivity contribution in [2.75, 3.05) is 0 Å². The molecule has 0 amide bonds. The molecule has 1 aliphatic rings. The minimum Gasteiger partial charge on any atom is -0.365 e. The summed E-state index contributed by atoms with van der Waals surface area (Å²) in [4.78, 5) is 8.55. The van der Waals surface area contributed by atoms with Crippen LogP contribution in [0.4, 0.5) is 4.39 Å². The smallest absolute Gasteiger partial charge is 0.278 e. The third-order valence-electron chi connectivity index (χ3n) is 3.70. The lowest BCUT2D eigenvalue weighted by Crippen LogP contribution is -2.20. The number of aromatic nitrogens is 4. The highest BCUT2D eigenvalue weighted by Gasteiger charge is 2.26. The fourth-order valence-corrected chi connectivity index (χ4v) is 2.58. The van der Waals surface area contributed by atoms with Gasteiger partial charge in [-0.1, -0.05) is 17.3 Å². The Hall–Kier alpha value is -2.54. The quantitative estimate of drug-likeness (QED) is 0.728. The molecule has 6 nitrogen and oxygen atoms in total. The Bertz CT molecular complexity index is 809. The van der Waals surface area contributed by atoms with Crippen molar-refractivity contribution >= 4 is 0 Å². The zero-order valence-electron chi connectivity index (χ0n) is 11.9. The van der Waals surface area contributed by atoms with E-state index in [9.17, 15) is 4.39 Å². The fourth-order valence-electron chi connectivity index (χ4n) is 2.58. The van der Waals surface area contributed by atoms with E-state index in [-0.39, 0.29) is 11.9 Å². The predicted octanol–water partition coefficient (Wildman–Crippen LogP) is 2.65. The van der Waals surface area contributed by atoms with E-state index in [2.05, 4.69) is 15.1 Å². The number of hydrogen-bond acceptors (Lipinski definition) is 5. The molecular weight excluding hydrogens is 287 g/mol. The highest BCUT2D eigenvalue weighted by molar-refractivity contribution is 5.50. The van der Waals surface area contributed by atoms with Crippen molar-refractivity contribution in [3.63, 3.8) is 0 Å². The van der Waals surface area contributed by atoms with Gasteiger partial charge in [-0.05, 0) is 24.6 Å². The Labute approximate surface area is 125 Å². The van der Waals surface area contributed by atoms with Crippen molar-refractivity contribution in [2.24, 2.45) is 0 Å². The lowest BCUT2D eigenvalue weighted by molar-refractivity contribution is 0.00327. The Balaban J connectivity index is 1.62. The average Bonchev–Trinajstić information content (AvgIpc) is 3.13. The summed E-state index contributed by atoms with van der Waals surface area (Å²) in [6, 6.07) is 6.36. The molecule has 0 aliphatic carbocycles. The maximum Gasteiger partial charge on any atom is 0.278 e. The normalized spacial score (nSPS) is 17.5. The van der Waals surface area contributed by atoms with Crippen LogP contribution >= 0.6 is 0 Å². The van der Waals surface area contributed by atoms with Gasteiger partial charge >= 0.3 is 0 Å². The zero-order chi connectivity index (χ0) is 15.1. The summed E-state index contributed by atoms with van der Waals surface area (Å²) in [5.41, 5.74) is 2.50. The van der Waals surface area contributed by atoms with Gasteiger partial charge in [0, 0.05) is 0 Å². The summed E-state index contributed by atoms with van der Waals surface area (Å²) in [5, 5.41) is 3.78. The molecule has 0 fully saturated rings. The monoisotopic (exact) mass is 300 g/mol. The molecule has 0 N–H and O–H groups in total. The summed E-state index contributed by atoms with van der Waals surface area (Å²) in [5.74, 6) is 0.713. The minimum absolute atomic E-state index is 0.125. The maximum absolute atomic E-state index is 13.0. The molecule has 2 aromatic heterocycles. The van der Waals surface area contributed by atoms with Crippen molar-refractivity contribution in [3.05, 3.63) is 53.5 Å². The topological polar surface area (TPSA) is 66.0 Å². The van der Waals surface area contributed by atoms with Gasteiger partial charge in [0.1, 0.15) is 11.9 Å². The van der Waals surface area contributed by atoms with Gasteiger partial charge < -0.3 is 13.8 Å². The van der Waals surface area contributed by atoms with Gasteiger partial charge in [-0.15, -0.1) is 0 Å². The highest BCUT2D eigenvalue weighted by atomic mass is 19.1. The van der Waals surface area contributed by atoms with Crippen LogP contribution in [0.5, 0.6) is 0 Å². The molecular formula is C15H13FN4O2. The van der Waals surface area contributed by atoms with E-state index in [1.165, 1.54) is 12.1 Å². The molecule has 1 aromatic carbocycles. The lowest BCUT2D eigenvalue weighted by Gasteiger charge is -2.25. The van der Waals surface area contributed by atoms with Gasteiger partial charge in [0.05, 0.1) is 25.2 Å². The number of ether oxygens (including phenoxy) is 1. The molecule has 112 valence electrons. The van der Waals surface area contributed by atoms with E-state index in [1.54, 1.807) is 25.4 Å². The molecule has 0 unspecified atom stereocenters. The van der Waals surface area contributed by atoms with Crippen LogP contribution in [0.1, 0.15) is 23.2 Å². The van der Waals surface area contributed by atoms with Gasteiger partial charge in [-0.3, -0.25) is 0 Å². The van der Waals surface area contributed by atoms with Crippen LogP contribution < -0.4 is 0 Å². The number of aryl methyl sites for hydroxylation is 1. The van der Waals surface area contributed by atoms with Crippen molar-refractivity contribution in [1.82, 2.24) is 19.7 Å². The summed E-state index contributed by atoms with van der Waals surface area (Å²) in [7, 11) is 0. The predicted molar refractivity (Wildman–Crippen MR) is 74.2 cm³/mol. The lowest BCUT2D eigenvalue weighted by atomic mass is 10.1. The van der Waals surface area contributed by atoms with Gasteiger partial charge in [0.15, 0.2) is 11.5 Å². The molecule has 0 saturated heterocycles. The highest BCUT2D eigenvalue weighted by Crippen LogP contribution is 2.31. The number of fused-ring (bicyclic) bond motifs is 1. The van der Waals surface area contributed by atoms with Crippen LogP contribution in [0.15, 0.2) is 35.1 Å². The third kappa shape index (κ3) is 2.19. The van der Waals surface area contributed by atoms with E-state index in [0.717, 1.165) is 11.3 Å². The first-order chi connectivity index (χ1) is 10.7. The van der Waals surface area contributed by atoms with Gasteiger partial charge in [-0.2, -0.15) is 4.98 Å². The summed E-state index contributed by atoms with van der Waals surface area (Å²) in [6.45, 7) is 2.76. The number of halogens is 1. The van der Waals surface area contributed by atoms with Crippen molar-refractivity contribution < 1.29 is 13.7 Å². The van der Waals surface area contributed by atoms with Crippen LogP contribution in [0.2, 0.25) is 0 Å². The van der Waals surface area contributed by atoms with E-state index in [1.807, 2.05) is 4.57 Å². The molecule has 1 atom stereocenters. The number of imidazole rings is 1. The Morgan fingerprint density at radius 2 is 2.09 bits per heavy atom. The second kappa shape index (κ2) is 5.03. The molecule has 3 heterocycles. The minimum atomic E-state index is -0.253. The SMILES string of the molecule is Cc1noc(-c2ncn3c2CO[C@@H](c2ccc(F)cc2)C3)n1. The molecule has 7 heteroatoms. The Morgan fingerprint density at radius 1 is 1.27 bits per heavy atom.